The van der Waals surface area contributed by atoms with Gasteiger partial charge in [0, 0.05) is 7.05 Å². The summed E-state index contributed by atoms with van der Waals surface area (Å²) in [4.78, 5) is 13.7. The number of nitrogens with zero attached hydrogens (tertiary/aromatic N) is 1. The monoisotopic (exact) mass is 470 g/mol. The molecule has 0 aliphatic heterocycles. The number of carbonyl (C=O) groups excluding carboxylic acids is 1. The molecule has 0 spiro atoms. The predicted octanol–water partition coefficient (Wildman–Crippen LogP) is 5.34. The first-order valence-corrected chi connectivity index (χ1v) is 12.4. The van der Waals surface area contributed by atoms with Crippen LogP contribution in [0.15, 0.2) is 114 Å². The zero-order valence-electron chi connectivity index (χ0n) is 19.0. The molecule has 4 aromatic carbocycles. The van der Waals surface area contributed by atoms with E-state index in [4.69, 9.17) is 0 Å². The summed E-state index contributed by atoms with van der Waals surface area (Å²) in [6, 6.07) is 32.2. The molecule has 0 saturated carbocycles. The maximum absolute atomic E-state index is 13.5. The van der Waals surface area contributed by atoms with Crippen LogP contribution in [0.4, 0.5) is 5.69 Å². The van der Waals surface area contributed by atoms with Crippen molar-refractivity contribution in [2.75, 3.05) is 11.4 Å². The Hall–Kier alpha value is -3.90. The van der Waals surface area contributed by atoms with Crippen molar-refractivity contribution >= 4 is 21.6 Å². The van der Waals surface area contributed by atoms with E-state index in [0.717, 1.165) is 21.0 Å². The number of carbonyl (C=O) groups is 1. The van der Waals surface area contributed by atoms with E-state index < -0.39 is 16.1 Å². The molecule has 0 radical (unpaired) electrons. The van der Waals surface area contributed by atoms with E-state index in [9.17, 15) is 13.2 Å². The lowest BCUT2D eigenvalue weighted by molar-refractivity contribution is 0.0943. The van der Waals surface area contributed by atoms with Gasteiger partial charge in [-0.3, -0.25) is 9.10 Å². The fraction of sp³-hybridized carbons (Fsp3) is 0.107. The zero-order chi connectivity index (χ0) is 24.1. The van der Waals surface area contributed by atoms with Crippen LogP contribution in [0.1, 0.15) is 33.1 Å². The van der Waals surface area contributed by atoms with Gasteiger partial charge in [0.25, 0.3) is 15.9 Å². The summed E-state index contributed by atoms with van der Waals surface area (Å²) in [5.41, 5.74) is 3.58. The molecule has 4 rings (SSSR count). The third-order valence-corrected chi connectivity index (χ3v) is 7.49. The normalized spacial score (nSPS) is 12.1. The molecule has 0 aliphatic rings. The molecular formula is C28H26N2O3S. The molecule has 172 valence electrons. The van der Waals surface area contributed by atoms with Crippen LogP contribution in [-0.4, -0.2) is 21.4 Å². The molecule has 1 unspecified atom stereocenters. The highest BCUT2D eigenvalue weighted by atomic mass is 32.2. The number of nitrogens with one attached hydrogen (secondary N) is 1. The van der Waals surface area contributed by atoms with Gasteiger partial charge in [0.2, 0.25) is 0 Å². The number of para-hydroxylation sites is 1. The quantitative estimate of drug-likeness (QED) is 0.397. The molecule has 0 aliphatic carbocycles. The number of sulfonamides is 1. The first-order valence-electron chi connectivity index (χ1n) is 10.9. The average Bonchev–Trinajstić information content (AvgIpc) is 2.88. The number of aryl methyl sites for hydroxylation is 1. The van der Waals surface area contributed by atoms with Gasteiger partial charge < -0.3 is 5.32 Å². The molecule has 1 amide bonds. The van der Waals surface area contributed by atoms with Gasteiger partial charge in [-0.2, -0.15) is 0 Å². The summed E-state index contributed by atoms with van der Waals surface area (Å²) in [6.07, 6.45) is 0. The number of hydrogen-bond donors (Lipinski definition) is 1. The Morgan fingerprint density at radius 3 is 1.91 bits per heavy atom. The van der Waals surface area contributed by atoms with Crippen LogP contribution in [0.25, 0.3) is 0 Å². The van der Waals surface area contributed by atoms with E-state index in [0.29, 0.717) is 5.69 Å². The molecule has 1 atom stereocenters. The third-order valence-electron chi connectivity index (χ3n) is 5.71. The minimum atomic E-state index is -3.83. The van der Waals surface area contributed by atoms with Crippen molar-refractivity contribution in [3.05, 3.63) is 131 Å². The molecule has 0 saturated heterocycles. The SMILES string of the molecule is Cc1ccc(C(NC(=O)c2ccccc2N(C)S(=O)(=O)c2ccccc2)c2ccccc2)cc1. The summed E-state index contributed by atoms with van der Waals surface area (Å²) in [7, 11) is -2.37. The molecule has 0 heterocycles. The lowest BCUT2D eigenvalue weighted by Gasteiger charge is -2.24. The summed E-state index contributed by atoms with van der Waals surface area (Å²) in [5, 5.41) is 3.11. The van der Waals surface area contributed by atoms with Gasteiger partial charge >= 0.3 is 0 Å². The molecule has 1 N–H and O–H groups in total. The van der Waals surface area contributed by atoms with Crippen LogP contribution in [0.5, 0.6) is 0 Å². The Morgan fingerprint density at radius 2 is 1.26 bits per heavy atom. The Labute approximate surface area is 200 Å². The highest BCUT2D eigenvalue weighted by molar-refractivity contribution is 7.92. The van der Waals surface area contributed by atoms with Crippen LogP contribution in [0.2, 0.25) is 0 Å². The van der Waals surface area contributed by atoms with E-state index in [1.54, 1.807) is 42.5 Å². The molecule has 34 heavy (non-hydrogen) atoms. The summed E-state index contributed by atoms with van der Waals surface area (Å²) >= 11 is 0. The lowest BCUT2D eigenvalue weighted by Crippen LogP contribution is -2.33. The van der Waals surface area contributed by atoms with Crippen molar-refractivity contribution in [3.8, 4) is 0 Å². The van der Waals surface area contributed by atoms with Gasteiger partial charge in [-0.15, -0.1) is 0 Å². The number of rotatable bonds is 7. The minimum Gasteiger partial charge on any atom is -0.341 e. The second-order valence-electron chi connectivity index (χ2n) is 8.03. The highest BCUT2D eigenvalue weighted by Crippen LogP contribution is 2.28. The molecule has 5 nitrogen and oxygen atoms in total. The smallest absolute Gasteiger partial charge is 0.264 e. The molecule has 6 heteroatoms. The van der Waals surface area contributed by atoms with E-state index in [1.807, 2.05) is 61.5 Å². The molecule has 0 aromatic heterocycles. The van der Waals surface area contributed by atoms with E-state index in [2.05, 4.69) is 5.32 Å². The van der Waals surface area contributed by atoms with Gasteiger partial charge in [-0.1, -0.05) is 90.5 Å². The Kier molecular flexibility index (Phi) is 6.80. The van der Waals surface area contributed by atoms with Crippen molar-refractivity contribution in [3.63, 3.8) is 0 Å². The number of benzene rings is 4. The maximum Gasteiger partial charge on any atom is 0.264 e. The van der Waals surface area contributed by atoms with Crippen molar-refractivity contribution in [2.24, 2.45) is 0 Å². The van der Waals surface area contributed by atoms with Crippen LogP contribution >= 0.6 is 0 Å². The van der Waals surface area contributed by atoms with Crippen LogP contribution in [0, 0.1) is 6.92 Å². The largest absolute Gasteiger partial charge is 0.341 e. The van der Waals surface area contributed by atoms with E-state index in [1.165, 1.54) is 19.2 Å². The van der Waals surface area contributed by atoms with Gasteiger partial charge in [-0.05, 0) is 42.3 Å². The number of amides is 1. The second kappa shape index (κ2) is 9.93. The Morgan fingerprint density at radius 1 is 0.735 bits per heavy atom. The van der Waals surface area contributed by atoms with Crippen molar-refractivity contribution in [1.29, 1.82) is 0 Å². The lowest BCUT2D eigenvalue weighted by atomic mass is 9.97. The Bertz CT molecular complexity index is 1370. The summed E-state index contributed by atoms with van der Waals surface area (Å²) in [5.74, 6) is -0.361. The molecule has 0 bridgehead atoms. The number of anilines is 1. The maximum atomic E-state index is 13.5. The fourth-order valence-electron chi connectivity index (χ4n) is 3.79. The summed E-state index contributed by atoms with van der Waals surface area (Å²) in [6.45, 7) is 2.01. The van der Waals surface area contributed by atoms with Crippen LogP contribution in [-0.2, 0) is 10.0 Å². The predicted molar refractivity (Wildman–Crippen MR) is 135 cm³/mol. The standard InChI is InChI=1S/C28H26N2O3S/c1-21-17-19-23(20-18-21)27(22-11-5-3-6-12-22)29-28(31)25-15-9-10-16-26(25)30(2)34(32,33)24-13-7-4-8-14-24/h3-20,27H,1-2H3,(H,29,31). The molecule has 0 fully saturated rings. The van der Waals surface area contributed by atoms with Crippen LogP contribution in [0.3, 0.4) is 0 Å². The van der Waals surface area contributed by atoms with Crippen molar-refractivity contribution in [1.82, 2.24) is 5.32 Å². The van der Waals surface area contributed by atoms with E-state index >= 15 is 0 Å². The van der Waals surface area contributed by atoms with Gasteiger partial charge in [0.15, 0.2) is 0 Å². The Balaban J connectivity index is 1.70. The van der Waals surface area contributed by atoms with Crippen LogP contribution < -0.4 is 9.62 Å². The van der Waals surface area contributed by atoms with E-state index in [-0.39, 0.29) is 16.4 Å². The summed E-state index contributed by atoms with van der Waals surface area (Å²) < 4.78 is 27.6. The second-order valence-corrected chi connectivity index (χ2v) is 10.00. The van der Waals surface area contributed by atoms with Crippen molar-refractivity contribution in [2.45, 2.75) is 17.9 Å². The van der Waals surface area contributed by atoms with Gasteiger partial charge in [0.05, 0.1) is 22.2 Å². The zero-order valence-corrected chi connectivity index (χ0v) is 19.9. The van der Waals surface area contributed by atoms with Gasteiger partial charge in [-0.25, -0.2) is 8.42 Å². The first-order chi connectivity index (χ1) is 16.4. The minimum absolute atomic E-state index is 0.162. The molecular weight excluding hydrogens is 444 g/mol. The van der Waals surface area contributed by atoms with Crippen molar-refractivity contribution < 1.29 is 13.2 Å². The third kappa shape index (κ3) is 4.87. The highest BCUT2D eigenvalue weighted by Gasteiger charge is 2.26. The van der Waals surface area contributed by atoms with Gasteiger partial charge in [0.1, 0.15) is 0 Å². The molecule has 4 aromatic rings. The average molecular weight is 471 g/mol. The topological polar surface area (TPSA) is 66.5 Å². The fourth-order valence-corrected chi connectivity index (χ4v) is 5.03. The number of hydrogen-bond acceptors (Lipinski definition) is 3. The first kappa shape index (κ1) is 23.3.